The molecule has 0 aliphatic rings. The van der Waals surface area contributed by atoms with Gasteiger partial charge in [-0.3, -0.25) is 4.79 Å². The fraction of sp³-hybridized carbons (Fsp3) is 0.909. The summed E-state index contributed by atoms with van der Waals surface area (Å²) in [6.45, 7) is 9.71. The first kappa shape index (κ1) is 14.4. The summed E-state index contributed by atoms with van der Waals surface area (Å²) in [5.74, 6) is -0.352. The maximum Gasteiger partial charge on any atom is 0.237 e. The van der Waals surface area contributed by atoms with Crippen molar-refractivity contribution >= 4 is 5.91 Å². The number of amides is 1. The molecule has 0 spiro atoms. The first-order valence-corrected chi connectivity index (χ1v) is 5.27. The molecule has 90 valence electrons. The minimum absolute atomic E-state index is 0.0186. The highest BCUT2D eigenvalue weighted by molar-refractivity contribution is 5.84. The van der Waals surface area contributed by atoms with Gasteiger partial charge in [0, 0.05) is 6.42 Å². The fourth-order valence-corrected chi connectivity index (χ4v) is 1.55. The molecular formula is C11H24N2O2. The van der Waals surface area contributed by atoms with Gasteiger partial charge < -0.3 is 15.8 Å². The van der Waals surface area contributed by atoms with E-state index in [9.17, 15) is 4.79 Å². The van der Waals surface area contributed by atoms with Crippen molar-refractivity contribution in [3.8, 4) is 0 Å². The van der Waals surface area contributed by atoms with Gasteiger partial charge in [0.05, 0.1) is 17.2 Å². The van der Waals surface area contributed by atoms with Crippen LogP contribution < -0.4 is 11.1 Å². The molecule has 2 unspecified atom stereocenters. The van der Waals surface area contributed by atoms with Crippen molar-refractivity contribution < 1.29 is 9.53 Å². The van der Waals surface area contributed by atoms with E-state index in [2.05, 4.69) is 5.32 Å². The van der Waals surface area contributed by atoms with Crippen molar-refractivity contribution in [3.63, 3.8) is 0 Å². The molecule has 0 aliphatic carbocycles. The summed E-state index contributed by atoms with van der Waals surface area (Å²) in [4.78, 5) is 11.3. The van der Waals surface area contributed by atoms with Gasteiger partial charge in [-0.2, -0.15) is 0 Å². The molecule has 0 aliphatic heterocycles. The lowest BCUT2D eigenvalue weighted by Gasteiger charge is -2.32. The third-order valence-electron chi connectivity index (χ3n) is 2.35. The van der Waals surface area contributed by atoms with Crippen LogP contribution in [0.1, 0.15) is 41.0 Å². The first-order chi connectivity index (χ1) is 6.60. The van der Waals surface area contributed by atoms with E-state index in [0.29, 0.717) is 6.42 Å². The first-order valence-electron chi connectivity index (χ1n) is 5.27. The van der Waals surface area contributed by atoms with E-state index < -0.39 is 5.54 Å². The molecule has 0 aromatic carbocycles. The van der Waals surface area contributed by atoms with E-state index in [4.69, 9.17) is 10.5 Å². The Bertz CT molecular complexity index is 223. The number of likely N-dealkylation sites (N-methyl/N-ethyl adjacent to an activating group) is 1. The molecule has 0 heterocycles. The fourth-order valence-electron chi connectivity index (χ4n) is 1.55. The molecule has 0 aromatic rings. The van der Waals surface area contributed by atoms with Gasteiger partial charge in [0.15, 0.2) is 0 Å². The summed E-state index contributed by atoms with van der Waals surface area (Å²) in [5.41, 5.74) is 4.43. The van der Waals surface area contributed by atoms with Crippen LogP contribution in [0.4, 0.5) is 0 Å². The Kier molecular flexibility index (Phi) is 4.74. The Morgan fingerprint density at radius 2 is 1.87 bits per heavy atom. The second-order valence-electron chi connectivity index (χ2n) is 5.19. The van der Waals surface area contributed by atoms with Crippen LogP contribution in [0.3, 0.4) is 0 Å². The summed E-state index contributed by atoms with van der Waals surface area (Å²) in [5, 5.41) is 2.94. The van der Waals surface area contributed by atoms with Crippen LogP contribution in [0.15, 0.2) is 0 Å². The topological polar surface area (TPSA) is 64.3 Å². The predicted octanol–water partition coefficient (Wildman–Crippen LogP) is 1.04. The molecule has 1 amide bonds. The quantitative estimate of drug-likeness (QED) is 0.722. The van der Waals surface area contributed by atoms with Crippen LogP contribution in [0.5, 0.6) is 0 Å². The van der Waals surface area contributed by atoms with Gasteiger partial charge >= 0.3 is 0 Å². The molecule has 0 saturated heterocycles. The number of nitrogens with two attached hydrogens (primary N) is 1. The average Bonchev–Trinajstić information content (AvgIpc) is 1.99. The third kappa shape index (κ3) is 5.14. The molecule has 4 heteroatoms. The maximum absolute atomic E-state index is 11.3. The number of hydrogen-bond donors (Lipinski definition) is 2. The SMILES string of the molecule is CNC(C)(CC(C)OC(C)(C)C)C(N)=O. The van der Waals surface area contributed by atoms with Crippen LogP contribution in [0.2, 0.25) is 0 Å². The Balaban J connectivity index is 4.38. The Hall–Kier alpha value is -0.610. The van der Waals surface area contributed by atoms with Crippen LogP contribution in [0, 0.1) is 0 Å². The highest BCUT2D eigenvalue weighted by Crippen LogP contribution is 2.18. The molecule has 0 aromatic heterocycles. The molecule has 15 heavy (non-hydrogen) atoms. The van der Waals surface area contributed by atoms with Gasteiger partial charge in [0.2, 0.25) is 5.91 Å². The standard InChI is InChI=1S/C11H24N2O2/c1-8(15-10(2,3)4)7-11(5,13-6)9(12)14/h8,13H,7H2,1-6H3,(H2,12,14). The normalized spacial score (nSPS) is 18.3. The molecular weight excluding hydrogens is 192 g/mol. The lowest BCUT2D eigenvalue weighted by molar-refractivity contribution is -0.127. The Labute approximate surface area is 92.6 Å². The van der Waals surface area contributed by atoms with E-state index in [0.717, 1.165) is 0 Å². The van der Waals surface area contributed by atoms with Crippen molar-refractivity contribution in [2.24, 2.45) is 5.73 Å². The Morgan fingerprint density at radius 1 is 1.40 bits per heavy atom. The summed E-state index contributed by atoms with van der Waals surface area (Å²) in [6.07, 6.45) is 0.547. The van der Waals surface area contributed by atoms with Crippen LogP contribution in [0.25, 0.3) is 0 Å². The second kappa shape index (κ2) is 4.94. The van der Waals surface area contributed by atoms with E-state index >= 15 is 0 Å². The largest absolute Gasteiger partial charge is 0.373 e. The predicted molar refractivity (Wildman–Crippen MR) is 61.6 cm³/mol. The zero-order valence-corrected chi connectivity index (χ0v) is 10.7. The van der Waals surface area contributed by atoms with Crippen LogP contribution in [-0.4, -0.2) is 30.2 Å². The summed E-state index contributed by atoms with van der Waals surface area (Å²) in [6, 6.07) is 0. The molecule has 0 fully saturated rings. The number of nitrogens with one attached hydrogen (secondary N) is 1. The number of primary amides is 1. The number of carbonyl (C=O) groups is 1. The van der Waals surface area contributed by atoms with Crippen molar-refractivity contribution in [1.29, 1.82) is 0 Å². The van der Waals surface area contributed by atoms with E-state index in [1.165, 1.54) is 0 Å². The highest BCUT2D eigenvalue weighted by Gasteiger charge is 2.32. The zero-order valence-electron chi connectivity index (χ0n) is 10.7. The van der Waals surface area contributed by atoms with E-state index in [1.807, 2.05) is 27.7 Å². The van der Waals surface area contributed by atoms with Crippen LogP contribution >= 0.6 is 0 Å². The van der Waals surface area contributed by atoms with Crippen molar-refractivity contribution in [1.82, 2.24) is 5.32 Å². The van der Waals surface area contributed by atoms with Gasteiger partial charge in [-0.15, -0.1) is 0 Å². The average molecular weight is 216 g/mol. The van der Waals surface area contributed by atoms with Gasteiger partial charge in [0.1, 0.15) is 0 Å². The lowest BCUT2D eigenvalue weighted by Crippen LogP contribution is -2.53. The molecule has 2 atom stereocenters. The summed E-state index contributed by atoms with van der Waals surface area (Å²) >= 11 is 0. The van der Waals surface area contributed by atoms with Gasteiger partial charge in [-0.1, -0.05) is 0 Å². The lowest BCUT2D eigenvalue weighted by atomic mass is 9.94. The van der Waals surface area contributed by atoms with Gasteiger partial charge in [0.25, 0.3) is 0 Å². The monoisotopic (exact) mass is 216 g/mol. The van der Waals surface area contributed by atoms with Crippen molar-refractivity contribution in [2.75, 3.05) is 7.05 Å². The molecule has 4 nitrogen and oxygen atoms in total. The summed E-state index contributed by atoms with van der Waals surface area (Å²) < 4.78 is 5.74. The third-order valence-corrected chi connectivity index (χ3v) is 2.35. The molecule has 3 N–H and O–H groups in total. The number of hydrogen-bond acceptors (Lipinski definition) is 3. The minimum atomic E-state index is -0.704. The molecule has 0 radical (unpaired) electrons. The molecule has 0 rings (SSSR count). The van der Waals surface area contributed by atoms with E-state index in [-0.39, 0.29) is 17.6 Å². The minimum Gasteiger partial charge on any atom is -0.373 e. The van der Waals surface area contributed by atoms with Crippen LogP contribution in [-0.2, 0) is 9.53 Å². The number of ether oxygens (including phenoxy) is 1. The summed E-state index contributed by atoms with van der Waals surface area (Å²) in [7, 11) is 1.73. The van der Waals surface area contributed by atoms with Crippen molar-refractivity contribution in [2.45, 2.75) is 58.3 Å². The zero-order chi connectivity index (χ0) is 12.3. The molecule has 0 saturated carbocycles. The van der Waals surface area contributed by atoms with E-state index in [1.54, 1.807) is 14.0 Å². The van der Waals surface area contributed by atoms with Gasteiger partial charge in [-0.05, 0) is 41.7 Å². The molecule has 0 bridgehead atoms. The highest BCUT2D eigenvalue weighted by atomic mass is 16.5. The Morgan fingerprint density at radius 3 is 2.13 bits per heavy atom. The second-order valence-corrected chi connectivity index (χ2v) is 5.19. The number of rotatable bonds is 5. The smallest absolute Gasteiger partial charge is 0.237 e. The maximum atomic E-state index is 11.3. The van der Waals surface area contributed by atoms with Gasteiger partial charge in [-0.25, -0.2) is 0 Å². The van der Waals surface area contributed by atoms with Crippen molar-refractivity contribution in [3.05, 3.63) is 0 Å². The number of carbonyl (C=O) groups excluding carboxylic acids is 1.